The average Bonchev–Trinajstić information content (AvgIpc) is 3.14. The number of rotatable bonds is 21. The normalized spacial score (nSPS) is 13.8. The number of phenolic OH excluding ortho intramolecular Hbond substituents is 1. The summed E-state index contributed by atoms with van der Waals surface area (Å²) in [5, 5.41) is 20.7. The third kappa shape index (κ3) is 13.9. The summed E-state index contributed by atoms with van der Waals surface area (Å²) >= 11 is 0. The summed E-state index contributed by atoms with van der Waals surface area (Å²) in [7, 11) is 1.53. The molecule has 5 atom stereocenters. The second-order valence-electron chi connectivity index (χ2n) is 13.3. The Morgan fingerprint density at radius 1 is 0.660 bits per heavy atom. The summed E-state index contributed by atoms with van der Waals surface area (Å²) in [5.41, 5.74) is 19.6. The van der Waals surface area contributed by atoms with Crippen molar-refractivity contribution in [3.05, 3.63) is 95.6 Å². The average molecular weight is 732 g/mol. The number of carbonyl (C=O) groups excluding carboxylic acids is 5. The summed E-state index contributed by atoms with van der Waals surface area (Å²) in [5.74, 6) is -3.05. The number of unbranched alkanes of at least 4 members (excludes halogenated alkanes) is 1. The monoisotopic (exact) mass is 731 g/mol. The lowest BCUT2D eigenvalue weighted by molar-refractivity contribution is -0.135. The predicted octanol–water partition coefficient (Wildman–Crippen LogP) is 0.966. The van der Waals surface area contributed by atoms with Crippen molar-refractivity contribution in [2.75, 3.05) is 13.7 Å². The molecule has 53 heavy (non-hydrogen) atoms. The molecule has 0 saturated carbocycles. The molecule has 3 rings (SSSR count). The third-order valence-corrected chi connectivity index (χ3v) is 8.73. The van der Waals surface area contributed by atoms with E-state index < -0.39 is 65.7 Å². The van der Waals surface area contributed by atoms with Gasteiger partial charge in [-0.2, -0.15) is 0 Å². The number of carbonyl (C=O) groups is 5. The van der Waals surface area contributed by atoms with Crippen LogP contribution in [0.1, 0.15) is 49.8 Å². The van der Waals surface area contributed by atoms with Crippen LogP contribution in [0.3, 0.4) is 0 Å². The fourth-order valence-electron chi connectivity index (χ4n) is 5.62. The minimum atomic E-state index is -1.16. The Morgan fingerprint density at radius 2 is 1.17 bits per heavy atom. The van der Waals surface area contributed by atoms with Gasteiger partial charge in [-0.3, -0.25) is 24.0 Å². The van der Waals surface area contributed by atoms with E-state index in [0.29, 0.717) is 36.3 Å². The van der Waals surface area contributed by atoms with E-state index in [0.717, 1.165) is 5.56 Å². The largest absolute Gasteiger partial charge is 0.508 e. The summed E-state index contributed by atoms with van der Waals surface area (Å²) in [6.07, 6.45) is 1.78. The van der Waals surface area contributed by atoms with Gasteiger partial charge >= 0.3 is 0 Å². The number of benzene rings is 3. The van der Waals surface area contributed by atoms with E-state index in [1.807, 2.05) is 30.3 Å². The second-order valence-corrected chi connectivity index (χ2v) is 13.3. The van der Waals surface area contributed by atoms with Gasteiger partial charge in [0.25, 0.3) is 0 Å². The van der Waals surface area contributed by atoms with Gasteiger partial charge in [-0.1, -0.05) is 68.4 Å². The second kappa shape index (κ2) is 21.2. The molecule has 14 heteroatoms. The highest BCUT2D eigenvalue weighted by molar-refractivity contribution is 5.96. The van der Waals surface area contributed by atoms with Gasteiger partial charge in [0.05, 0.1) is 13.2 Å². The van der Waals surface area contributed by atoms with Crippen molar-refractivity contribution in [1.29, 1.82) is 0 Å². The molecule has 0 saturated heterocycles. The van der Waals surface area contributed by atoms with Crippen molar-refractivity contribution in [3.8, 4) is 11.5 Å². The molecule has 0 spiro atoms. The van der Waals surface area contributed by atoms with Crippen molar-refractivity contribution in [3.63, 3.8) is 0 Å². The first-order chi connectivity index (χ1) is 25.3. The van der Waals surface area contributed by atoms with Gasteiger partial charge in [0.1, 0.15) is 35.7 Å². The molecule has 11 N–H and O–H groups in total. The van der Waals surface area contributed by atoms with Gasteiger partial charge in [0.2, 0.25) is 29.5 Å². The van der Waals surface area contributed by atoms with E-state index in [9.17, 15) is 29.1 Å². The number of ether oxygens (including phenoxy) is 1. The Balaban J connectivity index is 1.84. The van der Waals surface area contributed by atoms with Crippen LogP contribution in [0.25, 0.3) is 0 Å². The Hall–Kier alpha value is -5.47. The number of hydrogen-bond acceptors (Lipinski definition) is 9. The quantitative estimate of drug-likeness (QED) is 0.0727. The van der Waals surface area contributed by atoms with E-state index in [2.05, 4.69) is 21.3 Å². The first kappa shape index (κ1) is 41.9. The zero-order chi connectivity index (χ0) is 38.9. The smallest absolute Gasteiger partial charge is 0.243 e. The van der Waals surface area contributed by atoms with Gasteiger partial charge in [-0.25, -0.2) is 0 Å². The van der Waals surface area contributed by atoms with Gasteiger partial charge in [0.15, 0.2) is 0 Å². The molecule has 286 valence electrons. The van der Waals surface area contributed by atoms with Crippen LogP contribution in [-0.4, -0.2) is 78.5 Å². The van der Waals surface area contributed by atoms with E-state index in [1.54, 1.807) is 50.2 Å². The lowest BCUT2D eigenvalue weighted by atomic mass is 9.99. The summed E-state index contributed by atoms with van der Waals surface area (Å²) in [6, 6.07) is 16.9. The number of phenols is 1. The molecule has 14 nitrogen and oxygen atoms in total. The maximum Gasteiger partial charge on any atom is 0.243 e. The van der Waals surface area contributed by atoms with Crippen molar-refractivity contribution >= 4 is 29.5 Å². The minimum absolute atomic E-state index is 0.0313. The Labute approximate surface area is 310 Å². The van der Waals surface area contributed by atoms with Crippen LogP contribution in [0, 0.1) is 5.92 Å². The number of hydrogen-bond donors (Lipinski definition) is 8. The fraction of sp³-hybridized carbons (Fsp3) is 0.410. The van der Waals surface area contributed by atoms with Crippen LogP contribution >= 0.6 is 0 Å². The number of primary amides is 1. The zero-order valence-electron chi connectivity index (χ0n) is 30.5. The molecule has 0 aliphatic heterocycles. The molecule has 0 aliphatic rings. The van der Waals surface area contributed by atoms with E-state index >= 15 is 0 Å². The van der Waals surface area contributed by atoms with Crippen molar-refractivity contribution in [2.24, 2.45) is 23.1 Å². The van der Waals surface area contributed by atoms with Gasteiger partial charge in [-0.05, 0) is 79.1 Å². The highest BCUT2D eigenvalue weighted by atomic mass is 16.5. The maximum atomic E-state index is 13.9. The SMILES string of the molecule is COc1ccc(C[C@H](NC(=O)[C@@H](NC(=O)[C@H](Cc2ccc(O)cc2)NC(=O)[C@@H](N)Cc2ccccc2)C(C)C)C(=O)N[C@@H](CCCCN)C(N)=O)cc1. The molecule has 0 bridgehead atoms. The number of amides is 5. The first-order valence-corrected chi connectivity index (χ1v) is 17.7. The zero-order valence-corrected chi connectivity index (χ0v) is 30.5. The highest BCUT2D eigenvalue weighted by Gasteiger charge is 2.33. The van der Waals surface area contributed by atoms with Crippen molar-refractivity contribution in [2.45, 2.75) is 82.6 Å². The fourth-order valence-corrected chi connectivity index (χ4v) is 5.62. The Bertz CT molecular complexity index is 1640. The number of nitrogens with one attached hydrogen (secondary N) is 4. The van der Waals surface area contributed by atoms with E-state index in [-0.39, 0.29) is 31.4 Å². The van der Waals surface area contributed by atoms with Crippen LogP contribution in [0.15, 0.2) is 78.9 Å². The van der Waals surface area contributed by atoms with Crippen LogP contribution in [0.5, 0.6) is 11.5 Å². The summed E-state index contributed by atoms with van der Waals surface area (Å²) in [6.45, 7) is 3.87. The molecule has 3 aromatic carbocycles. The molecular weight excluding hydrogens is 678 g/mol. The molecule has 0 heterocycles. The molecule has 0 fully saturated rings. The molecular formula is C39H53N7O7. The van der Waals surface area contributed by atoms with Crippen molar-refractivity contribution < 1.29 is 33.8 Å². The highest BCUT2D eigenvalue weighted by Crippen LogP contribution is 2.15. The lowest BCUT2D eigenvalue weighted by Crippen LogP contribution is -2.60. The van der Waals surface area contributed by atoms with Crippen molar-refractivity contribution in [1.82, 2.24) is 21.3 Å². The minimum Gasteiger partial charge on any atom is -0.508 e. The van der Waals surface area contributed by atoms with Gasteiger partial charge < -0.3 is 48.3 Å². The third-order valence-electron chi connectivity index (χ3n) is 8.73. The standard InChI is InChI=1S/C39H53N7O7/c1-24(2)34(39(52)45-32(23-27-14-18-29(53-3)19-15-27)37(50)43-31(35(42)48)11-7-8-20-40)46-38(51)33(22-26-12-16-28(47)17-13-26)44-36(49)30(41)21-25-9-5-4-6-10-25/h4-6,9-10,12-19,24,30-34,47H,7-8,11,20-23,40-41H2,1-3H3,(H2,42,48)(H,43,50)(H,44,49)(H,45,52)(H,46,51)/t30-,31-,32-,33-,34-/m0/s1. The molecule has 5 amide bonds. The van der Waals surface area contributed by atoms with Gasteiger partial charge in [0, 0.05) is 12.8 Å². The Kier molecular flexibility index (Phi) is 16.7. The van der Waals surface area contributed by atoms with E-state index in [1.165, 1.54) is 19.2 Å². The summed E-state index contributed by atoms with van der Waals surface area (Å²) < 4.78 is 5.24. The maximum absolute atomic E-state index is 13.9. The number of methoxy groups -OCH3 is 1. The topological polar surface area (TPSA) is 241 Å². The van der Waals surface area contributed by atoms with Gasteiger partial charge in [-0.15, -0.1) is 0 Å². The predicted molar refractivity (Wildman–Crippen MR) is 201 cm³/mol. The molecule has 3 aromatic rings. The number of aromatic hydroxyl groups is 1. The molecule has 0 aliphatic carbocycles. The van der Waals surface area contributed by atoms with Crippen LogP contribution in [0.4, 0.5) is 0 Å². The first-order valence-electron chi connectivity index (χ1n) is 17.7. The summed E-state index contributed by atoms with van der Waals surface area (Å²) in [4.78, 5) is 67.0. The van der Waals surface area contributed by atoms with Crippen LogP contribution in [-0.2, 0) is 43.2 Å². The lowest BCUT2D eigenvalue weighted by Gasteiger charge is -2.28. The Morgan fingerprint density at radius 3 is 1.70 bits per heavy atom. The molecule has 0 radical (unpaired) electrons. The number of nitrogens with two attached hydrogens (primary N) is 3. The molecule has 0 unspecified atom stereocenters. The van der Waals surface area contributed by atoms with Crippen LogP contribution < -0.4 is 43.2 Å². The molecule has 0 aromatic heterocycles. The van der Waals surface area contributed by atoms with Crippen LogP contribution in [0.2, 0.25) is 0 Å². The van der Waals surface area contributed by atoms with E-state index in [4.69, 9.17) is 21.9 Å².